The number of rotatable bonds is 13. The Labute approximate surface area is 187 Å². The van der Waals surface area contributed by atoms with Crippen LogP contribution < -0.4 is 5.32 Å². The molecule has 0 radical (unpaired) electrons. The first-order chi connectivity index (χ1) is 14.7. The van der Waals surface area contributed by atoms with Crippen molar-refractivity contribution in [3.05, 3.63) is 24.3 Å². The maximum absolute atomic E-state index is 12.5. The third-order valence-electron chi connectivity index (χ3n) is 5.88. The Kier molecular flexibility index (Phi) is 13.1. The Morgan fingerprint density at radius 1 is 1.23 bits per heavy atom. The van der Waals surface area contributed by atoms with Gasteiger partial charge < -0.3 is 9.84 Å². The van der Waals surface area contributed by atoms with E-state index in [1.165, 1.54) is 32.6 Å². The Bertz CT molecular complexity index is 627. The summed E-state index contributed by atoms with van der Waals surface area (Å²) < 4.78 is 4.67. The summed E-state index contributed by atoms with van der Waals surface area (Å²) in [6.07, 6.45) is 14.5. The summed E-state index contributed by atoms with van der Waals surface area (Å²) in [4.78, 5) is 34.4. The van der Waals surface area contributed by atoms with Gasteiger partial charge in [0, 0.05) is 25.7 Å². The highest BCUT2D eigenvalue weighted by atomic mass is 16.6. The van der Waals surface area contributed by atoms with Gasteiger partial charge in [-0.3, -0.25) is 14.9 Å². The van der Waals surface area contributed by atoms with Crippen molar-refractivity contribution in [2.75, 3.05) is 0 Å². The van der Waals surface area contributed by atoms with E-state index in [9.17, 15) is 19.5 Å². The zero-order chi connectivity index (χ0) is 23.2. The van der Waals surface area contributed by atoms with Gasteiger partial charge in [-0.05, 0) is 43.4 Å². The van der Waals surface area contributed by atoms with Crippen LogP contribution in [0.4, 0.5) is 4.79 Å². The van der Waals surface area contributed by atoms with Crippen molar-refractivity contribution in [3.8, 4) is 0 Å². The predicted octanol–water partition coefficient (Wildman–Crippen LogP) is 5.31. The van der Waals surface area contributed by atoms with Crippen LogP contribution >= 0.6 is 0 Å². The molecule has 1 aliphatic rings. The second-order valence-electron chi connectivity index (χ2n) is 8.87. The van der Waals surface area contributed by atoms with Crippen LogP contribution in [0, 0.1) is 23.7 Å². The van der Waals surface area contributed by atoms with Crippen molar-refractivity contribution in [1.29, 1.82) is 0 Å². The molecule has 2 amide bonds. The summed E-state index contributed by atoms with van der Waals surface area (Å²) in [5.41, 5.74) is 0. The van der Waals surface area contributed by atoms with E-state index in [1.54, 1.807) is 0 Å². The van der Waals surface area contributed by atoms with Gasteiger partial charge in [-0.1, -0.05) is 64.3 Å². The lowest BCUT2D eigenvalue weighted by molar-refractivity contribution is -0.121. The number of nitrogens with one attached hydrogen (secondary N) is 1. The van der Waals surface area contributed by atoms with E-state index in [0.29, 0.717) is 36.4 Å². The minimum absolute atomic E-state index is 0.0505. The molecule has 0 aromatic rings. The van der Waals surface area contributed by atoms with Crippen molar-refractivity contribution in [2.45, 2.75) is 91.8 Å². The lowest BCUT2D eigenvalue weighted by atomic mass is 9.86. The van der Waals surface area contributed by atoms with Crippen LogP contribution in [-0.4, -0.2) is 29.2 Å². The number of carbonyl (C=O) groups is 3. The highest BCUT2D eigenvalue weighted by Gasteiger charge is 2.37. The summed E-state index contributed by atoms with van der Waals surface area (Å²) in [5.74, 6) is 1.12. The Morgan fingerprint density at radius 2 is 1.97 bits per heavy atom. The standard InChI is InChI=1S/C25H41NO5/c1-5-6-9-12-18(2)15-16-21-19(3)17-23(28)22(21)13-10-7-8-11-14-24(29)31-25(30)26-20(4)27/h7,10,15-16,18-19,21-22,24,29H,5-6,8-9,11-14,17H2,1-4H3,(H,26,27,30)/t18-,19+,21-,22+,24?/m0/s1. The van der Waals surface area contributed by atoms with Gasteiger partial charge in [0.1, 0.15) is 5.78 Å². The number of allylic oxidation sites excluding steroid dienone is 4. The SMILES string of the molecule is CCCCC[C@H](C)C=C[C@H]1[C@H](C)CC(=O)[C@@H]1CC=CCCCC(O)OC(=O)NC(C)=O. The molecule has 0 aromatic carbocycles. The summed E-state index contributed by atoms with van der Waals surface area (Å²) in [5, 5.41) is 11.6. The quantitative estimate of drug-likeness (QED) is 0.232. The third-order valence-corrected chi connectivity index (χ3v) is 5.88. The number of carbonyl (C=O) groups excluding carboxylic acids is 3. The van der Waals surface area contributed by atoms with Crippen LogP contribution in [0.25, 0.3) is 0 Å². The molecule has 1 aliphatic carbocycles. The molecule has 1 rings (SSSR count). The Hall–Kier alpha value is -1.95. The number of ketones is 1. The number of aliphatic hydroxyl groups is 1. The molecule has 31 heavy (non-hydrogen) atoms. The van der Waals surface area contributed by atoms with Crippen LogP contribution in [0.1, 0.15) is 85.5 Å². The lowest BCUT2D eigenvalue weighted by Gasteiger charge is -2.17. The summed E-state index contributed by atoms with van der Waals surface area (Å²) in [6.45, 7) is 7.84. The predicted molar refractivity (Wildman–Crippen MR) is 122 cm³/mol. The van der Waals surface area contributed by atoms with Crippen molar-refractivity contribution >= 4 is 17.8 Å². The molecular weight excluding hydrogens is 394 g/mol. The molecule has 176 valence electrons. The van der Waals surface area contributed by atoms with Crippen molar-refractivity contribution in [1.82, 2.24) is 5.32 Å². The van der Waals surface area contributed by atoms with E-state index in [2.05, 4.69) is 43.7 Å². The van der Waals surface area contributed by atoms with E-state index in [1.807, 2.05) is 11.4 Å². The Balaban J connectivity index is 2.38. The van der Waals surface area contributed by atoms with Gasteiger partial charge in [0.2, 0.25) is 12.2 Å². The summed E-state index contributed by atoms with van der Waals surface area (Å²) in [7, 11) is 0. The monoisotopic (exact) mass is 435 g/mol. The molecule has 6 nitrogen and oxygen atoms in total. The fraction of sp³-hybridized carbons (Fsp3) is 0.720. The molecule has 2 N–H and O–H groups in total. The van der Waals surface area contributed by atoms with E-state index in [4.69, 9.17) is 0 Å². The zero-order valence-electron chi connectivity index (χ0n) is 19.6. The van der Waals surface area contributed by atoms with Crippen LogP contribution in [0.3, 0.4) is 0 Å². The second-order valence-corrected chi connectivity index (χ2v) is 8.87. The summed E-state index contributed by atoms with van der Waals surface area (Å²) >= 11 is 0. The van der Waals surface area contributed by atoms with E-state index < -0.39 is 18.3 Å². The highest BCUT2D eigenvalue weighted by molar-refractivity contribution is 5.90. The number of unbranched alkanes of at least 4 members (excludes halogenated alkanes) is 3. The molecule has 0 heterocycles. The van der Waals surface area contributed by atoms with Crippen molar-refractivity contribution in [2.24, 2.45) is 23.7 Å². The molecule has 6 heteroatoms. The molecule has 0 saturated heterocycles. The Morgan fingerprint density at radius 3 is 2.65 bits per heavy atom. The molecular formula is C25H41NO5. The highest BCUT2D eigenvalue weighted by Crippen LogP contribution is 2.37. The number of Topliss-reactive ketones (excluding diaryl/α,β-unsaturated/α-hetero) is 1. The van der Waals surface area contributed by atoms with Crippen LogP contribution in [-0.2, 0) is 14.3 Å². The van der Waals surface area contributed by atoms with E-state index >= 15 is 0 Å². The number of ether oxygens (including phenoxy) is 1. The van der Waals surface area contributed by atoms with Crippen LogP contribution in [0.15, 0.2) is 24.3 Å². The second kappa shape index (κ2) is 15.0. The van der Waals surface area contributed by atoms with E-state index in [0.717, 1.165) is 12.8 Å². The average Bonchev–Trinajstić information content (AvgIpc) is 2.94. The van der Waals surface area contributed by atoms with Gasteiger partial charge in [0.25, 0.3) is 0 Å². The third kappa shape index (κ3) is 11.3. The largest absolute Gasteiger partial charge is 0.420 e. The average molecular weight is 436 g/mol. The van der Waals surface area contributed by atoms with Crippen molar-refractivity contribution in [3.63, 3.8) is 0 Å². The number of hydrogen-bond donors (Lipinski definition) is 2. The van der Waals surface area contributed by atoms with Gasteiger partial charge >= 0.3 is 6.09 Å². The van der Waals surface area contributed by atoms with E-state index in [-0.39, 0.29) is 12.3 Å². The molecule has 0 spiro atoms. The van der Waals surface area contributed by atoms with Gasteiger partial charge in [-0.15, -0.1) is 0 Å². The lowest BCUT2D eigenvalue weighted by Crippen LogP contribution is -2.32. The number of hydrogen-bond acceptors (Lipinski definition) is 5. The fourth-order valence-corrected chi connectivity index (χ4v) is 4.09. The first kappa shape index (κ1) is 27.1. The number of imide groups is 1. The molecule has 5 atom stereocenters. The van der Waals surface area contributed by atoms with Gasteiger partial charge in [-0.2, -0.15) is 0 Å². The molecule has 1 fully saturated rings. The smallest absolute Gasteiger partial charge is 0.416 e. The minimum atomic E-state index is -1.24. The number of alkyl carbamates (subject to hydrolysis) is 1. The molecule has 0 aliphatic heterocycles. The molecule has 0 bridgehead atoms. The minimum Gasteiger partial charge on any atom is -0.420 e. The number of amides is 2. The van der Waals surface area contributed by atoms with Crippen LogP contribution in [0.5, 0.6) is 0 Å². The summed E-state index contributed by atoms with van der Waals surface area (Å²) in [6, 6.07) is 0. The topological polar surface area (TPSA) is 92.7 Å². The zero-order valence-corrected chi connectivity index (χ0v) is 19.6. The van der Waals surface area contributed by atoms with Gasteiger partial charge in [0.05, 0.1) is 0 Å². The molecule has 1 saturated carbocycles. The van der Waals surface area contributed by atoms with Gasteiger partial charge in [-0.25, -0.2) is 4.79 Å². The normalized spacial score (nSPS) is 23.4. The first-order valence-electron chi connectivity index (χ1n) is 11.8. The fourth-order valence-electron chi connectivity index (χ4n) is 4.09. The maximum Gasteiger partial charge on any atom is 0.416 e. The van der Waals surface area contributed by atoms with Crippen LogP contribution in [0.2, 0.25) is 0 Å². The first-order valence-corrected chi connectivity index (χ1v) is 11.8. The molecule has 0 aromatic heterocycles. The number of aliphatic hydroxyl groups excluding tert-OH is 1. The maximum atomic E-state index is 12.5. The van der Waals surface area contributed by atoms with Gasteiger partial charge in [0.15, 0.2) is 0 Å². The molecule has 1 unspecified atom stereocenters. The van der Waals surface area contributed by atoms with Crippen molar-refractivity contribution < 1.29 is 24.2 Å².